The van der Waals surface area contributed by atoms with Gasteiger partial charge in [-0.3, -0.25) is 0 Å². The summed E-state index contributed by atoms with van der Waals surface area (Å²) in [6, 6.07) is 0. The SMILES string of the molecule is CCCCCCCCCOCCCCOCCCCOCCCCCCCCC. The van der Waals surface area contributed by atoms with Crippen molar-refractivity contribution < 1.29 is 14.2 Å². The molecule has 0 amide bonds. The molecule has 3 heteroatoms. The first-order valence-electron chi connectivity index (χ1n) is 13.1. The normalized spacial score (nSPS) is 11.4. The van der Waals surface area contributed by atoms with Gasteiger partial charge in [0.2, 0.25) is 0 Å². The van der Waals surface area contributed by atoms with Crippen molar-refractivity contribution in [2.45, 2.75) is 129 Å². The molecule has 0 rings (SSSR count). The van der Waals surface area contributed by atoms with E-state index in [4.69, 9.17) is 14.2 Å². The quantitative estimate of drug-likeness (QED) is 0.134. The van der Waals surface area contributed by atoms with Crippen LogP contribution in [-0.4, -0.2) is 39.6 Å². The smallest absolute Gasteiger partial charge is 0.0466 e. The molecular formula is C26H54O3. The first kappa shape index (κ1) is 28.9. The molecule has 0 aliphatic carbocycles. The van der Waals surface area contributed by atoms with Crippen LogP contribution in [-0.2, 0) is 14.2 Å². The fraction of sp³-hybridized carbons (Fsp3) is 1.00. The van der Waals surface area contributed by atoms with Crippen molar-refractivity contribution in [3.8, 4) is 0 Å². The molecule has 3 nitrogen and oxygen atoms in total. The predicted octanol–water partition coefficient (Wildman–Crippen LogP) is 8.10. The van der Waals surface area contributed by atoms with Crippen LogP contribution in [0.1, 0.15) is 129 Å². The Labute approximate surface area is 183 Å². The van der Waals surface area contributed by atoms with E-state index in [1.807, 2.05) is 0 Å². The highest BCUT2D eigenvalue weighted by molar-refractivity contribution is 4.47. The predicted molar refractivity (Wildman–Crippen MR) is 127 cm³/mol. The maximum absolute atomic E-state index is 5.71. The van der Waals surface area contributed by atoms with Gasteiger partial charge in [0.25, 0.3) is 0 Å². The van der Waals surface area contributed by atoms with Gasteiger partial charge in [-0.15, -0.1) is 0 Å². The van der Waals surface area contributed by atoms with Crippen molar-refractivity contribution in [3.63, 3.8) is 0 Å². The molecule has 29 heavy (non-hydrogen) atoms. The van der Waals surface area contributed by atoms with Gasteiger partial charge in [0.05, 0.1) is 0 Å². The average Bonchev–Trinajstić information content (AvgIpc) is 2.74. The van der Waals surface area contributed by atoms with E-state index in [2.05, 4.69) is 13.8 Å². The summed E-state index contributed by atoms with van der Waals surface area (Å²) >= 11 is 0. The molecule has 0 N–H and O–H groups in total. The number of rotatable bonds is 26. The third-order valence-corrected chi connectivity index (χ3v) is 5.44. The van der Waals surface area contributed by atoms with Gasteiger partial charge >= 0.3 is 0 Å². The molecule has 176 valence electrons. The van der Waals surface area contributed by atoms with Crippen molar-refractivity contribution >= 4 is 0 Å². The molecule has 0 atom stereocenters. The number of ether oxygens (including phenoxy) is 3. The van der Waals surface area contributed by atoms with Crippen LogP contribution >= 0.6 is 0 Å². The number of hydrogen-bond donors (Lipinski definition) is 0. The lowest BCUT2D eigenvalue weighted by atomic mass is 10.1. The minimum Gasteiger partial charge on any atom is -0.381 e. The molecule has 0 aliphatic heterocycles. The molecule has 0 unspecified atom stereocenters. The van der Waals surface area contributed by atoms with Gasteiger partial charge in [-0.25, -0.2) is 0 Å². The van der Waals surface area contributed by atoms with Crippen LogP contribution in [0.2, 0.25) is 0 Å². The highest BCUT2D eigenvalue weighted by Gasteiger charge is 1.95. The first-order chi connectivity index (χ1) is 14.4. The van der Waals surface area contributed by atoms with Gasteiger partial charge in [-0.1, -0.05) is 90.9 Å². The zero-order valence-electron chi connectivity index (χ0n) is 20.2. The van der Waals surface area contributed by atoms with Crippen molar-refractivity contribution in [2.75, 3.05) is 39.6 Å². The molecule has 0 saturated carbocycles. The molecule has 0 aliphatic rings. The van der Waals surface area contributed by atoms with E-state index in [9.17, 15) is 0 Å². The molecule has 0 fully saturated rings. The molecule has 0 aromatic carbocycles. The summed E-state index contributed by atoms with van der Waals surface area (Å²) in [5, 5.41) is 0. The summed E-state index contributed by atoms with van der Waals surface area (Å²) < 4.78 is 17.1. The fourth-order valence-electron chi connectivity index (χ4n) is 3.45. The summed E-state index contributed by atoms with van der Waals surface area (Å²) in [6.45, 7) is 9.96. The van der Waals surface area contributed by atoms with Crippen molar-refractivity contribution in [1.82, 2.24) is 0 Å². The standard InChI is InChI=1S/C26H54O3/c1-3-5-7-9-11-13-15-21-27-23-17-19-25-29-26-20-18-24-28-22-16-14-12-10-8-6-4-2/h3-26H2,1-2H3. The molecule has 0 saturated heterocycles. The fourth-order valence-corrected chi connectivity index (χ4v) is 3.45. The van der Waals surface area contributed by atoms with Gasteiger partial charge in [0.15, 0.2) is 0 Å². The molecule has 0 heterocycles. The van der Waals surface area contributed by atoms with Gasteiger partial charge in [-0.2, -0.15) is 0 Å². The molecule has 0 aromatic rings. The van der Waals surface area contributed by atoms with Crippen LogP contribution in [0.5, 0.6) is 0 Å². The lowest BCUT2D eigenvalue weighted by Crippen LogP contribution is -2.03. The second-order valence-electron chi connectivity index (χ2n) is 8.49. The Morgan fingerprint density at radius 2 is 0.483 bits per heavy atom. The zero-order chi connectivity index (χ0) is 21.1. The van der Waals surface area contributed by atoms with Crippen LogP contribution in [0.15, 0.2) is 0 Å². The van der Waals surface area contributed by atoms with Gasteiger partial charge in [0.1, 0.15) is 0 Å². The van der Waals surface area contributed by atoms with E-state index in [0.717, 1.165) is 65.3 Å². The summed E-state index contributed by atoms with van der Waals surface area (Å²) in [5.41, 5.74) is 0. The van der Waals surface area contributed by atoms with Crippen molar-refractivity contribution in [3.05, 3.63) is 0 Å². The van der Waals surface area contributed by atoms with Gasteiger partial charge in [-0.05, 0) is 38.5 Å². The highest BCUT2D eigenvalue weighted by Crippen LogP contribution is 2.08. The Kier molecular flexibility index (Phi) is 27.8. The summed E-state index contributed by atoms with van der Waals surface area (Å²) in [7, 11) is 0. The lowest BCUT2D eigenvalue weighted by Gasteiger charge is -2.07. The minimum absolute atomic E-state index is 0.875. The Bertz CT molecular complexity index is 245. The third kappa shape index (κ3) is 27.9. The second kappa shape index (κ2) is 27.9. The maximum Gasteiger partial charge on any atom is 0.0466 e. The van der Waals surface area contributed by atoms with E-state index < -0.39 is 0 Å². The van der Waals surface area contributed by atoms with Crippen molar-refractivity contribution in [1.29, 1.82) is 0 Å². The first-order valence-corrected chi connectivity index (χ1v) is 13.1. The van der Waals surface area contributed by atoms with Gasteiger partial charge < -0.3 is 14.2 Å². The largest absolute Gasteiger partial charge is 0.381 e. The average molecular weight is 415 g/mol. The number of hydrogen-bond acceptors (Lipinski definition) is 3. The van der Waals surface area contributed by atoms with Crippen molar-refractivity contribution in [2.24, 2.45) is 0 Å². The molecule has 0 spiro atoms. The number of unbranched alkanes of at least 4 members (excludes halogenated alkanes) is 14. The molecule has 0 bridgehead atoms. The Morgan fingerprint density at radius 3 is 0.759 bits per heavy atom. The van der Waals surface area contributed by atoms with E-state index in [0.29, 0.717) is 0 Å². The van der Waals surface area contributed by atoms with E-state index in [1.165, 1.54) is 89.9 Å². The molecule has 0 aromatic heterocycles. The van der Waals surface area contributed by atoms with E-state index in [-0.39, 0.29) is 0 Å². The topological polar surface area (TPSA) is 27.7 Å². The van der Waals surface area contributed by atoms with Crippen LogP contribution < -0.4 is 0 Å². The summed E-state index contributed by atoms with van der Waals surface area (Å²) in [4.78, 5) is 0. The van der Waals surface area contributed by atoms with Crippen LogP contribution in [0.4, 0.5) is 0 Å². The van der Waals surface area contributed by atoms with E-state index in [1.54, 1.807) is 0 Å². The van der Waals surface area contributed by atoms with E-state index >= 15 is 0 Å². The second-order valence-corrected chi connectivity index (χ2v) is 8.49. The molecular weight excluding hydrogens is 360 g/mol. The lowest BCUT2D eigenvalue weighted by molar-refractivity contribution is 0.0890. The van der Waals surface area contributed by atoms with Crippen LogP contribution in [0.3, 0.4) is 0 Å². The minimum atomic E-state index is 0.875. The Hall–Kier alpha value is -0.120. The Balaban J connectivity index is 2.97. The van der Waals surface area contributed by atoms with Crippen LogP contribution in [0.25, 0.3) is 0 Å². The maximum atomic E-state index is 5.71. The zero-order valence-corrected chi connectivity index (χ0v) is 20.2. The Morgan fingerprint density at radius 1 is 0.276 bits per heavy atom. The monoisotopic (exact) mass is 414 g/mol. The van der Waals surface area contributed by atoms with Gasteiger partial charge in [0, 0.05) is 39.6 Å². The third-order valence-electron chi connectivity index (χ3n) is 5.44. The highest BCUT2D eigenvalue weighted by atomic mass is 16.5. The summed E-state index contributed by atoms with van der Waals surface area (Å²) in [6.07, 6.45) is 23.4. The molecule has 0 radical (unpaired) electrons. The van der Waals surface area contributed by atoms with Crippen LogP contribution in [0, 0.1) is 0 Å². The summed E-state index contributed by atoms with van der Waals surface area (Å²) in [5.74, 6) is 0.